The normalized spacial score (nSPS) is 11.8. The molecule has 0 saturated heterocycles. The summed E-state index contributed by atoms with van der Waals surface area (Å²) in [5.41, 5.74) is 0. The number of carboxylic acid groups (broad SMARTS) is 1. The van der Waals surface area contributed by atoms with Crippen molar-refractivity contribution in [3.05, 3.63) is 0 Å². The average molecular weight is 195 g/mol. The first kappa shape index (κ1) is 14.3. The van der Waals surface area contributed by atoms with Crippen LogP contribution < -0.4 is 0 Å². The van der Waals surface area contributed by atoms with Crippen molar-refractivity contribution in [3.63, 3.8) is 0 Å². The second-order valence-corrected chi connectivity index (χ2v) is 2.94. The van der Waals surface area contributed by atoms with E-state index >= 15 is 0 Å². The van der Waals surface area contributed by atoms with E-state index in [1.165, 1.54) is 0 Å². The van der Waals surface area contributed by atoms with E-state index in [1.807, 2.05) is 6.92 Å². The monoisotopic (exact) mass is 194 g/mol. The third-order valence-electron chi connectivity index (χ3n) is 2.00. The molecule has 0 bridgehead atoms. The molecule has 0 rings (SSSR count). The van der Waals surface area contributed by atoms with E-state index < -0.39 is 5.97 Å². The molecule has 0 aliphatic carbocycles. The highest BCUT2D eigenvalue weighted by Crippen LogP contribution is 2.13. The van der Waals surface area contributed by atoms with Gasteiger partial charge in [0.2, 0.25) is 0 Å². The molecular weight excluding hydrogens is 176 g/mol. The predicted molar refractivity (Wildman–Crippen MR) is 52.8 cm³/mol. The quantitative estimate of drug-likeness (QED) is 0.660. The molecule has 0 saturated carbocycles. The van der Waals surface area contributed by atoms with E-state index in [0.717, 1.165) is 32.1 Å². The van der Waals surface area contributed by atoms with Crippen LogP contribution in [0, 0.1) is 5.92 Å². The van der Waals surface area contributed by atoms with Crippen molar-refractivity contribution in [1.82, 2.24) is 0 Å². The highest BCUT2D eigenvalue weighted by atomic mass is 35.5. The van der Waals surface area contributed by atoms with Crippen LogP contribution in [0.25, 0.3) is 0 Å². The summed E-state index contributed by atoms with van der Waals surface area (Å²) in [4.78, 5) is 10.5. The number of carboxylic acids is 1. The first-order valence-electron chi connectivity index (χ1n) is 4.45. The standard InChI is InChI=1S/C9H18O2.ClH/c1-3-5-6-7-8(4-2)9(10)11;/h8H,3-7H2,1-2H3,(H,10,11);1H. The van der Waals surface area contributed by atoms with Gasteiger partial charge in [0, 0.05) is 0 Å². The second kappa shape index (κ2) is 8.85. The smallest absolute Gasteiger partial charge is 0.306 e. The van der Waals surface area contributed by atoms with Gasteiger partial charge in [0.25, 0.3) is 0 Å². The largest absolute Gasteiger partial charge is 0.481 e. The van der Waals surface area contributed by atoms with Gasteiger partial charge in [-0.15, -0.1) is 12.4 Å². The lowest BCUT2D eigenvalue weighted by atomic mass is 9.99. The maximum Gasteiger partial charge on any atom is 0.306 e. The molecule has 0 aliphatic rings. The Hall–Kier alpha value is -0.240. The third kappa shape index (κ3) is 6.47. The molecule has 1 unspecified atom stereocenters. The molecule has 0 heterocycles. The van der Waals surface area contributed by atoms with E-state index in [-0.39, 0.29) is 18.3 Å². The van der Waals surface area contributed by atoms with E-state index in [9.17, 15) is 4.79 Å². The predicted octanol–water partition coefficient (Wildman–Crippen LogP) is 3.10. The van der Waals surface area contributed by atoms with Crippen LogP contribution in [-0.2, 0) is 4.79 Å². The Kier molecular flexibility index (Phi) is 10.5. The van der Waals surface area contributed by atoms with Crippen LogP contribution in [0.15, 0.2) is 0 Å². The summed E-state index contributed by atoms with van der Waals surface area (Å²) in [6.45, 7) is 4.06. The van der Waals surface area contributed by atoms with Gasteiger partial charge in [-0.3, -0.25) is 4.79 Å². The van der Waals surface area contributed by atoms with Gasteiger partial charge >= 0.3 is 5.97 Å². The van der Waals surface area contributed by atoms with Crippen molar-refractivity contribution in [1.29, 1.82) is 0 Å². The van der Waals surface area contributed by atoms with Gasteiger partial charge in [-0.1, -0.05) is 33.1 Å². The SMILES string of the molecule is CCCCCC(CC)C(=O)O.Cl. The van der Waals surface area contributed by atoms with Crippen LogP contribution >= 0.6 is 12.4 Å². The Balaban J connectivity index is 0. The number of aliphatic carboxylic acids is 1. The molecule has 0 aromatic carbocycles. The van der Waals surface area contributed by atoms with E-state index in [1.54, 1.807) is 0 Å². The molecule has 1 atom stereocenters. The third-order valence-corrected chi connectivity index (χ3v) is 2.00. The molecule has 0 spiro atoms. The van der Waals surface area contributed by atoms with Gasteiger partial charge in [0.15, 0.2) is 0 Å². The number of hydrogen-bond acceptors (Lipinski definition) is 1. The fourth-order valence-electron chi connectivity index (χ4n) is 1.14. The molecule has 0 aromatic rings. The summed E-state index contributed by atoms with van der Waals surface area (Å²) in [7, 11) is 0. The summed E-state index contributed by atoms with van der Waals surface area (Å²) in [6.07, 6.45) is 4.99. The van der Waals surface area contributed by atoms with Crippen LogP contribution in [0.3, 0.4) is 0 Å². The number of hydrogen-bond donors (Lipinski definition) is 1. The van der Waals surface area contributed by atoms with E-state index in [4.69, 9.17) is 5.11 Å². The van der Waals surface area contributed by atoms with Gasteiger partial charge in [0.05, 0.1) is 5.92 Å². The molecule has 3 heteroatoms. The first-order valence-corrected chi connectivity index (χ1v) is 4.45. The fraction of sp³-hybridized carbons (Fsp3) is 0.889. The average Bonchev–Trinajstić information content (AvgIpc) is 1.97. The van der Waals surface area contributed by atoms with Crippen molar-refractivity contribution in [3.8, 4) is 0 Å². The molecular formula is C9H19ClO2. The number of halogens is 1. The zero-order chi connectivity index (χ0) is 8.69. The van der Waals surface area contributed by atoms with Gasteiger partial charge in [-0.25, -0.2) is 0 Å². The minimum atomic E-state index is -0.636. The highest BCUT2D eigenvalue weighted by molar-refractivity contribution is 5.85. The molecule has 74 valence electrons. The summed E-state index contributed by atoms with van der Waals surface area (Å²) in [5.74, 6) is -0.745. The Morgan fingerprint density at radius 2 is 1.92 bits per heavy atom. The Labute approximate surface area is 80.8 Å². The maximum absolute atomic E-state index is 10.5. The van der Waals surface area contributed by atoms with Crippen molar-refractivity contribution in [2.24, 2.45) is 5.92 Å². The van der Waals surface area contributed by atoms with Crippen LogP contribution in [0.5, 0.6) is 0 Å². The van der Waals surface area contributed by atoms with E-state index in [0.29, 0.717) is 0 Å². The first-order chi connectivity index (χ1) is 5.22. The molecule has 0 aromatic heterocycles. The molecule has 12 heavy (non-hydrogen) atoms. The van der Waals surface area contributed by atoms with Crippen LogP contribution in [0.4, 0.5) is 0 Å². The topological polar surface area (TPSA) is 37.3 Å². The molecule has 0 amide bonds. The number of rotatable bonds is 6. The van der Waals surface area contributed by atoms with E-state index in [2.05, 4.69) is 6.92 Å². The second-order valence-electron chi connectivity index (χ2n) is 2.94. The lowest BCUT2D eigenvalue weighted by Gasteiger charge is -2.07. The zero-order valence-electron chi connectivity index (χ0n) is 7.88. The number of carbonyl (C=O) groups is 1. The lowest BCUT2D eigenvalue weighted by Crippen LogP contribution is -2.12. The van der Waals surface area contributed by atoms with Crippen LogP contribution in [-0.4, -0.2) is 11.1 Å². The lowest BCUT2D eigenvalue weighted by molar-refractivity contribution is -0.142. The summed E-state index contributed by atoms with van der Waals surface area (Å²) in [5, 5.41) is 8.67. The van der Waals surface area contributed by atoms with Crippen molar-refractivity contribution in [2.45, 2.75) is 46.0 Å². The van der Waals surface area contributed by atoms with Crippen LogP contribution in [0.2, 0.25) is 0 Å². The van der Waals surface area contributed by atoms with Gasteiger partial charge in [-0.2, -0.15) is 0 Å². The Bertz CT molecular complexity index is 115. The van der Waals surface area contributed by atoms with Crippen LogP contribution in [0.1, 0.15) is 46.0 Å². The minimum absolute atomic E-state index is 0. The molecule has 1 N–H and O–H groups in total. The number of unbranched alkanes of at least 4 members (excludes halogenated alkanes) is 2. The summed E-state index contributed by atoms with van der Waals surface area (Å²) in [6, 6.07) is 0. The highest BCUT2D eigenvalue weighted by Gasteiger charge is 2.13. The van der Waals surface area contributed by atoms with Crippen molar-refractivity contribution in [2.75, 3.05) is 0 Å². The molecule has 0 aliphatic heterocycles. The molecule has 2 nitrogen and oxygen atoms in total. The Morgan fingerprint density at radius 1 is 1.33 bits per heavy atom. The molecule has 0 radical (unpaired) electrons. The van der Waals surface area contributed by atoms with Gasteiger partial charge in [0.1, 0.15) is 0 Å². The summed E-state index contributed by atoms with van der Waals surface area (Å²) < 4.78 is 0. The van der Waals surface area contributed by atoms with Crippen molar-refractivity contribution < 1.29 is 9.90 Å². The fourth-order valence-corrected chi connectivity index (χ4v) is 1.14. The van der Waals surface area contributed by atoms with Gasteiger partial charge in [-0.05, 0) is 12.8 Å². The maximum atomic E-state index is 10.5. The van der Waals surface area contributed by atoms with Crippen molar-refractivity contribution >= 4 is 18.4 Å². The summed E-state index contributed by atoms with van der Waals surface area (Å²) >= 11 is 0. The van der Waals surface area contributed by atoms with Gasteiger partial charge < -0.3 is 5.11 Å². The molecule has 0 fully saturated rings. The minimum Gasteiger partial charge on any atom is -0.481 e. The Morgan fingerprint density at radius 3 is 2.25 bits per heavy atom. The zero-order valence-corrected chi connectivity index (χ0v) is 8.69.